The van der Waals surface area contributed by atoms with Crippen LogP contribution in [0.1, 0.15) is 64.7 Å². The van der Waals surface area contributed by atoms with Crippen molar-refractivity contribution in [1.29, 1.82) is 0 Å². The number of rotatable bonds is 6. The summed E-state index contributed by atoms with van der Waals surface area (Å²) in [6, 6.07) is 15.0. The van der Waals surface area contributed by atoms with Crippen molar-refractivity contribution in [3.05, 3.63) is 75.6 Å². The average molecular weight is 653 g/mol. The van der Waals surface area contributed by atoms with E-state index in [1.807, 2.05) is 6.07 Å². The van der Waals surface area contributed by atoms with E-state index in [-0.39, 0.29) is 56.5 Å². The normalized spacial score (nSPS) is 17.1. The number of nitrogens with zero attached hydrogens (tertiary/aromatic N) is 2. The molecule has 0 unspecified atom stereocenters. The quantitative estimate of drug-likeness (QED) is 0.353. The van der Waals surface area contributed by atoms with Crippen molar-refractivity contribution in [1.82, 2.24) is 4.90 Å². The summed E-state index contributed by atoms with van der Waals surface area (Å²) in [4.78, 5) is 15.3. The molecule has 0 bridgehead atoms. The molecule has 0 saturated carbocycles. The maximum Gasteiger partial charge on any atom is 0.162 e. The summed E-state index contributed by atoms with van der Waals surface area (Å²) in [6.45, 7) is 7.26. The summed E-state index contributed by atoms with van der Waals surface area (Å²) in [5, 5.41) is 4.56. The van der Waals surface area contributed by atoms with Crippen LogP contribution in [0.3, 0.4) is 0 Å². The predicted molar refractivity (Wildman–Crippen MR) is 127 cm³/mol. The van der Waals surface area contributed by atoms with Crippen molar-refractivity contribution in [2.24, 2.45) is 5.92 Å². The molecule has 2 heterocycles. The second-order valence-electron chi connectivity index (χ2n) is 8.80. The Labute approximate surface area is 229 Å². The zero-order valence-electron chi connectivity index (χ0n) is 18.7. The number of hydrogen-bond donors (Lipinski definition) is 0. The van der Waals surface area contributed by atoms with Crippen molar-refractivity contribution in [2.45, 2.75) is 58.5 Å². The Morgan fingerprint density at radius 2 is 1.87 bits per heavy atom. The third-order valence-electron chi connectivity index (χ3n) is 6.71. The minimum atomic E-state index is 0. The molecule has 0 amide bonds. The van der Waals surface area contributed by atoms with Crippen LogP contribution in [0, 0.1) is 56.9 Å². The number of fused-ring (bicyclic) bond motifs is 1. The summed E-state index contributed by atoms with van der Waals surface area (Å²) >= 11 is 0. The van der Waals surface area contributed by atoms with Gasteiger partial charge >= 0.3 is 0 Å². The molecule has 3 nitrogen and oxygen atoms in total. The van der Waals surface area contributed by atoms with Gasteiger partial charge in [0.1, 0.15) is 0 Å². The molecule has 1 fully saturated rings. The first-order valence-electron chi connectivity index (χ1n) is 11.2. The maximum atomic E-state index is 12.8. The largest absolute Gasteiger partial charge is 0.658 e. The van der Waals surface area contributed by atoms with E-state index in [1.165, 1.54) is 35.1 Å². The molecule has 0 aliphatic carbocycles. The van der Waals surface area contributed by atoms with Crippen molar-refractivity contribution in [3.8, 4) is 0 Å². The van der Waals surface area contributed by atoms with Gasteiger partial charge in [-0.15, -0.1) is 25.5 Å². The Balaban J connectivity index is 0.00000171. The molecule has 1 saturated heterocycles. The molecule has 4 rings (SSSR count). The third-order valence-corrected chi connectivity index (χ3v) is 6.71. The van der Waals surface area contributed by atoms with Crippen molar-refractivity contribution in [2.75, 3.05) is 19.6 Å². The monoisotopic (exact) mass is 652 g/mol. The molecule has 5 heteroatoms. The number of Topliss-reactive ketones (excluding diaryl/α,β-unsaturated/α-hetero) is 1. The number of piperidine rings is 1. The fraction of sp³-hybridized carbons (Fsp3) is 0.500. The molecule has 0 N–H and O–H groups in total. The van der Waals surface area contributed by atoms with Crippen LogP contribution in [0.5, 0.6) is 0 Å². The standard InChI is InChI=1S/C26H33N2O.Ac.ClH/c1-20-5-2-3-6-24(20)19-28-15-12-21(13-16-28)8-11-26(29)23-10-9-22-7-4-14-27-18-25(22)17-23;;/h2-3,5-6,9-10,17,21H,4,7-8,11-16,18-19H2,1H3;;1H/q-1;;. The zero-order chi connectivity index (χ0) is 20.1. The molecule has 1 radical (unpaired) electrons. The van der Waals surface area contributed by atoms with E-state index in [4.69, 9.17) is 0 Å². The van der Waals surface area contributed by atoms with Gasteiger partial charge in [-0.2, -0.15) is 0 Å². The molecule has 31 heavy (non-hydrogen) atoms. The first-order valence-corrected chi connectivity index (χ1v) is 11.2. The molecule has 0 atom stereocenters. The summed E-state index contributed by atoms with van der Waals surface area (Å²) in [6.07, 6.45) is 6.35. The van der Waals surface area contributed by atoms with Crippen molar-refractivity contribution < 1.29 is 48.9 Å². The van der Waals surface area contributed by atoms with E-state index in [2.05, 4.69) is 53.5 Å². The van der Waals surface area contributed by atoms with Crippen LogP contribution in [-0.4, -0.2) is 30.3 Å². The van der Waals surface area contributed by atoms with Crippen LogP contribution < -0.4 is 0 Å². The van der Waals surface area contributed by atoms with Crippen molar-refractivity contribution >= 4 is 18.2 Å². The number of benzene rings is 2. The molecular weight excluding hydrogens is 619 g/mol. The molecule has 2 aliphatic rings. The van der Waals surface area contributed by atoms with Crippen molar-refractivity contribution in [3.63, 3.8) is 0 Å². The average Bonchev–Trinajstić information content (AvgIpc) is 2.99. The van der Waals surface area contributed by atoms with Crippen LogP contribution in [0.2, 0.25) is 0 Å². The number of hydrogen-bond acceptors (Lipinski definition) is 2. The molecule has 165 valence electrons. The van der Waals surface area contributed by atoms with E-state index < -0.39 is 0 Å². The predicted octanol–water partition coefficient (Wildman–Crippen LogP) is 6.11. The SMILES string of the molecule is Cc1ccccc1CN1CCC(CCC(=O)c2ccc3c(c2)C[N-]CCC3)CC1.Cl.[Ac]. The maximum absolute atomic E-state index is 12.8. The van der Waals surface area contributed by atoms with Crippen LogP contribution in [0.25, 0.3) is 5.32 Å². The summed E-state index contributed by atoms with van der Waals surface area (Å²) < 4.78 is 0. The minimum absolute atomic E-state index is 0. The fourth-order valence-electron chi connectivity index (χ4n) is 4.71. The van der Waals surface area contributed by atoms with Crippen LogP contribution in [-0.2, 0) is 19.5 Å². The zero-order valence-corrected chi connectivity index (χ0v) is 24.2. The summed E-state index contributed by atoms with van der Waals surface area (Å²) in [5.74, 6) is 0.988. The Hall–Kier alpha value is -0.238. The van der Waals surface area contributed by atoms with Gasteiger partial charge in [-0.25, -0.2) is 0 Å². The molecule has 0 spiro atoms. The van der Waals surface area contributed by atoms with Crippen LogP contribution >= 0.6 is 12.4 Å². The smallest absolute Gasteiger partial charge is 0.162 e. The van der Waals surface area contributed by atoms with E-state index in [9.17, 15) is 4.79 Å². The number of carbonyl (C=O) groups excluding carboxylic acids is 1. The molecular formula is C26H34AcClN2O-. The second-order valence-corrected chi connectivity index (χ2v) is 8.80. The first kappa shape index (κ1) is 27.0. The van der Waals surface area contributed by atoms with E-state index in [1.54, 1.807) is 0 Å². The third kappa shape index (κ3) is 7.65. The number of carbonyl (C=O) groups is 1. The number of aryl methyl sites for hydroxylation is 2. The number of ketones is 1. The van der Waals surface area contributed by atoms with Gasteiger partial charge < -0.3 is 5.32 Å². The molecule has 2 aromatic rings. The topological polar surface area (TPSA) is 34.4 Å². The van der Waals surface area contributed by atoms with E-state index in [0.717, 1.165) is 57.5 Å². The number of halogens is 1. The molecule has 2 aliphatic heterocycles. The van der Waals surface area contributed by atoms with Gasteiger partial charge in [0.25, 0.3) is 0 Å². The minimum Gasteiger partial charge on any atom is -0.658 e. The number of likely N-dealkylation sites (tertiary alicyclic amines) is 1. The molecule has 0 aromatic heterocycles. The fourth-order valence-corrected chi connectivity index (χ4v) is 4.71. The van der Waals surface area contributed by atoms with Gasteiger partial charge in [-0.1, -0.05) is 48.4 Å². The second kappa shape index (κ2) is 13.5. The van der Waals surface area contributed by atoms with Gasteiger partial charge in [0.05, 0.1) is 0 Å². The Morgan fingerprint density at radius 1 is 1.10 bits per heavy atom. The van der Waals surface area contributed by atoms with Gasteiger partial charge in [-0.05, 0) is 74.4 Å². The van der Waals surface area contributed by atoms with Crippen LogP contribution in [0.15, 0.2) is 42.5 Å². The van der Waals surface area contributed by atoms with Crippen LogP contribution in [0.4, 0.5) is 0 Å². The van der Waals surface area contributed by atoms with Gasteiger partial charge in [0.2, 0.25) is 0 Å². The Bertz CT molecular complexity index is 849. The Kier molecular flexibility index (Phi) is 11.7. The van der Waals surface area contributed by atoms with Gasteiger partial charge in [-0.3, -0.25) is 9.69 Å². The Morgan fingerprint density at radius 3 is 2.65 bits per heavy atom. The summed E-state index contributed by atoms with van der Waals surface area (Å²) in [5.41, 5.74) is 6.35. The van der Waals surface area contributed by atoms with E-state index in [0.29, 0.717) is 18.1 Å². The first-order chi connectivity index (χ1) is 14.2. The summed E-state index contributed by atoms with van der Waals surface area (Å²) in [7, 11) is 0. The van der Waals surface area contributed by atoms with Gasteiger partial charge in [0.15, 0.2) is 5.78 Å². The van der Waals surface area contributed by atoms with E-state index >= 15 is 0 Å². The van der Waals surface area contributed by atoms with Gasteiger partial charge in [0, 0.05) is 62.6 Å². The molecule has 2 aromatic carbocycles.